The first-order valence-corrected chi connectivity index (χ1v) is 11.1. The third-order valence-corrected chi connectivity index (χ3v) is 6.94. The smallest absolute Gasteiger partial charge is 0.243 e. The van der Waals surface area contributed by atoms with Crippen LogP contribution in [-0.2, 0) is 0 Å². The molecule has 2 aliphatic heterocycles. The van der Waals surface area contributed by atoms with Crippen molar-refractivity contribution in [2.24, 2.45) is 0 Å². The zero-order chi connectivity index (χ0) is 20.1. The van der Waals surface area contributed by atoms with Gasteiger partial charge in [0.15, 0.2) is 5.65 Å². The number of hydrogen-bond donors (Lipinski definition) is 1. The van der Waals surface area contributed by atoms with E-state index >= 15 is 0 Å². The van der Waals surface area contributed by atoms with Crippen LogP contribution in [0.1, 0.15) is 31.5 Å². The molecule has 8 nitrogen and oxygen atoms in total. The van der Waals surface area contributed by atoms with Gasteiger partial charge in [-0.3, -0.25) is 4.98 Å². The van der Waals surface area contributed by atoms with E-state index in [0.717, 1.165) is 40.7 Å². The Labute approximate surface area is 178 Å². The predicted octanol–water partition coefficient (Wildman–Crippen LogP) is 3.56. The molecule has 1 aromatic carbocycles. The summed E-state index contributed by atoms with van der Waals surface area (Å²) in [5, 5.41) is 9.42. The highest BCUT2D eigenvalue weighted by Gasteiger charge is 2.42. The van der Waals surface area contributed by atoms with E-state index in [-0.39, 0.29) is 0 Å². The Bertz CT molecular complexity index is 1170. The van der Waals surface area contributed by atoms with Gasteiger partial charge in [0.2, 0.25) is 11.1 Å². The molecule has 0 saturated carbocycles. The van der Waals surface area contributed by atoms with E-state index in [2.05, 4.69) is 41.7 Å². The van der Waals surface area contributed by atoms with Crippen molar-refractivity contribution in [3.05, 3.63) is 48.5 Å². The normalized spacial score (nSPS) is 23.2. The number of benzene rings is 1. The first kappa shape index (κ1) is 17.8. The van der Waals surface area contributed by atoms with Crippen LogP contribution in [0.4, 0.5) is 11.1 Å². The maximum Gasteiger partial charge on any atom is 0.243 e. The molecular weight excluding hydrogens is 396 g/mol. The van der Waals surface area contributed by atoms with Crippen LogP contribution in [0.3, 0.4) is 0 Å². The molecular formula is C21H22N8S. The molecule has 0 amide bonds. The SMILES string of the molecule is Cc1nsc(N2C3CCC2CC(Nc2nc4cncc(-c5ccccc5)n4n2)C3)n1. The minimum Gasteiger partial charge on any atom is -0.350 e. The first-order valence-electron chi connectivity index (χ1n) is 10.4. The summed E-state index contributed by atoms with van der Waals surface area (Å²) in [6.07, 6.45) is 8.14. The minimum atomic E-state index is 0.360. The molecule has 30 heavy (non-hydrogen) atoms. The van der Waals surface area contributed by atoms with Crippen LogP contribution in [0, 0.1) is 6.92 Å². The standard InChI is InChI=1S/C21H22N8S/c1-13-23-21(30-27-13)28-16-7-8-17(28)10-15(9-16)24-20-25-19-12-22-11-18(29(19)26-20)14-5-3-2-4-6-14/h2-6,11-12,15-17H,7-10H2,1H3,(H,24,26). The Balaban J connectivity index is 1.24. The highest BCUT2D eigenvalue weighted by atomic mass is 32.1. The predicted molar refractivity (Wildman–Crippen MR) is 117 cm³/mol. The molecule has 2 atom stereocenters. The Kier molecular flexibility index (Phi) is 4.15. The summed E-state index contributed by atoms with van der Waals surface area (Å²) in [5.41, 5.74) is 2.77. The summed E-state index contributed by atoms with van der Waals surface area (Å²) < 4.78 is 6.25. The van der Waals surface area contributed by atoms with Gasteiger partial charge in [0.25, 0.3) is 0 Å². The lowest BCUT2D eigenvalue weighted by molar-refractivity contribution is 0.431. The molecule has 2 bridgehead atoms. The van der Waals surface area contributed by atoms with Gasteiger partial charge in [0.05, 0.1) is 18.1 Å². The number of aromatic nitrogens is 6. The second kappa shape index (κ2) is 7.02. The fraction of sp³-hybridized carbons (Fsp3) is 0.381. The van der Waals surface area contributed by atoms with E-state index in [0.29, 0.717) is 24.1 Å². The van der Waals surface area contributed by atoms with E-state index in [1.54, 1.807) is 6.20 Å². The third-order valence-electron chi connectivity index (χ3n) is 6.12. The number of hydrogen-bond acceptors (Lipinski definition) is 8. The van der Waals surface area contributed by atoms with Gasteiger partial charge < -0.3 is 10.2 Å². The van der Waals surface area contributed by atoms with Crippen LogP contribution in [0.5, 0.6) is 0 Å². The topological polar surface area (TPSA) is 84.1 Å². The summed E-state index contributed by atoms with van der Waals surface area (Å²) in [6.45, 7) is 1.96. The fourth-order valence-corrected chi connectivity index (χ4v) is 5.68. The highest BCUT2D eigenvalue weighted by Crippen LogP contribution is 2.40. The van der Waals surface area contributed by atoms with Crippen molar-refractivity contribution >= 4 is 28.3 Å². The van der Waals surface area contributed by atoms with Crippen LogP contribution in [0.2, 0.25) is 0 Å². The quantitative estimate of drug-likeness (QED) is 0.542. The Hall–Kier alpha value is -3.07. The zero-order valence-electron chi connectivity index (χ0n) is 16.6. The average Bonchev–Trinajstić information content (AvgIpc) is 3.43. The molecule has 9 heteroatoms. The Morgan fingerprint density at radius 2 is 1.83 bits per heavy atom. The lowest BCUT2D eigenvalue weighted by atomic mass is 9.98. The largest absolute Gasteiger partial charge is 0.350 e. The molecule has 3 aromatic heterocycles. The van der Waals surface area contributed by atoms with Crippen molar-refractivity contribution in [2.45, 2.75) is 50.7 Å². The molecule has 5 heterocycles. The molecule has 6 rings (SSSR count). The van der Waals surface area contributed by atoms with Crippen LogP contribution in [-0.4, -0.2) is 47.1 Å². The molecule has 2 aliphatic rings. The van der Waals surface area contributed by atoms with E-state index in [1.807, 2.05) is 35.8 Å². The van der Waals surface area contributed by atoms with Crippen molar-refractivity contribution in [1.82, 2.24) is 28.9 Å². The van der Waals surface area contributed by atoms with Crippen LogP contribution in [0.15, 0.2) is 42.7 Å². The minimum absolute atomic E-state index is 0.360. The molecule has 0 radical (unpaired) electrons. The molecule has 2 saturated heterocycles. The molecule has 0 aliphatic carbocycles. The number of aryl methyl sites for hydroxylation is 1. The van der Waals surface area contributed by atoms with Gasteiger partial charge in [-0.25, -0.2) is 9.50 Å². The maximum absolute atomic E-state index is 4.75. The number of nitrogens with one attached hydrogen (secondary N) is 1. The van der Waals surface area contributed by atoms with Crippen LogP contribution < -0.4 is 10.2 Å². The van der Waals surface area contributed by atoms with Gasteiger partial charge in [-0.1, -0.05) is 30.3 Å². The van der Waals surface area contributed by atoms with Crippen molar-refractivity contribution < 1.29 is 0 Å². The summed E-state index contributed by atoms with van der Waals surface area (Å²) >= 11 is 1.52. The number of nitrogens with zero attached hydrogens (tertiary/aromatic N) is 7. The number of piperidine rings is 1. The fourth-order valence-electron chi connectivity index (χ4n) is 4.86. The van der Waals surface area contributed by atoms with Crippen molar-refractivity contribution in [3.8, 4) is 11.3 Å². The van der Waals surface area contributed by atoms with Crippen molar-refractivity contribution in [1.29, 1.82) is 0 Å². The first-order chi connectivity index (χ1) is 14.7. The van der Waals surface area contributed by atoms with Gasteiger partial charge in [-0.15, -0.1) is 5.10 Å². The van der Waals surface area contributed by atoms with E-state index in [9.17, 15) is 0 Å². The van der Waals surface area contributed by atoms with E-state index in [1.165, 1.54) is 24.4 Å². The summed E-state index contributed by atoms with van der Waals surface area (Å²) in [6, 6.07) is 11.6. The monoisotopic (exact) mass is 418 g/mol. The van der Waals surface area contributed by atoms with Crippen LogP contribution in [0.25, 0.3) is 16.9 Å². The number of fused-ring (bicyclic) bond motifs is 3. The molecule has 2 fully saturated rings. The summed E-state index contributed by atoms with van der Waals surface area (Å²) in [7, 11) is 0. The van der Waals surface area contributed by atoms with Gasteiger partial charge in [0, 0.05) is 35.2 Å². The van der Waals surface area contributed by atoms with Gasteiger partial charge >= 0.3 is 0 Å². The van der Waals surface area contributed by atoms with Crippen LogP contribution >= 0.6 is 11.5 Å². The maximum atomic E-state index is 4.75. The highest BCUT2D eigenvalue weighted by molar-refractivity contribution is 7.09. The second-order valence-corrected chi connectivity index (χ2v) is 8.82. The van der Waals surface area contributed by atoms with E-state index < -0.39 is 0 Å². The Morgan fingerprint density at radius 3 is 2.57 bits per heavy atom. The average molecular weight is 419 g/mol. The molecule has 4 aromatic rings. The van der Waals surface area contributed by atoms with Crippen molar-refractivity contribution in [3.63, 3.8) is 0 Å². The van der Waals surface area contributed by atoms with Gasteiger partial charge in [-0.05, 0) is 32.6 Å². The van der Waals surface area contributed by atoms with Gasteiger partial charge in [-0.2, -0.15) is 9.36 Å². The third kappa shape index (κ3) is 3.00. The molecule has 2 unspecified atom stereocenters. The zero-order valence-corrected chi connectivity index (χ0v) is 17.5. The summed E-state index contributed by atoms with van der Waals surface area (Å²) in [4.78, 5) is 16.2. The van der Waals surface area contributed by atoms with Gasteiger partial charge in [0.1, 0.15) is 5.82 Å². The van der Waals surface area contributed by atoms with Crippen molar-refractivity contribution in [2.75, 3.05) is 10.2 Å². The second-order valence-electron chi connectivity index (χ2n) is 8.09. The van der Waals surface area contributed by atoms with E-state index in [4.69, 9.17) is 5.10 Å². The number of rotatable bonds is 4. The molecule has 152 valence electrons. The summed E-state index contributed by atoms with van der Waals surface area (Å²) in [5.74, 6) is 1.54. The lowest BCUT2D eigenvalue weighted by Crippen LogP contribution is -2.47. The Morgan fingerprint density at radius 1 is 1.03 bits per heavy atom. The molecule has 1 N–H and O–H groups in total. The number of anilines is 2. The molecule has 0 spiro atoms. The lowest BCUT2D eigenvalue weighted by Gasteiger charge is -2.38.